The number of halogens is 1. The van der Waals surface area contributed by atoms with Crippen LogP contribution in [-0.2, 0) is 16.0 Å². The number of nitrogens with zero attached hydrogens (tertiary/aromatic N) is 3. The Balaban J connectivity index is 1.16. The summed E-state index contributed by atoms with van der Waals surface area (Å²) in [6.07, 6.45) is 6.73. The molecule has 0 bridgehead atoms. The molecular weight excluding hydrogens is 509 g/mol. The van der Waals surface area contributed by atoms with Gasteiger partial charge in [0.05, 0.1) is 24.0 Å². The number of aromatic nitrogens is 3. The monoisotopic (exact) mass is 539 g/mol. The molecule has 4 aromatic rings. The molecule has 5 rings (SSSR count). The molecule has 0 saturated heterocycles. The number of benzene rings is 2. The van der Waals surface area contributed by atoms with Crippen LogP contribution in [0.5, 0.6) is 11.5 Å². The van der Waals surface area contributed by atoms with Gasteiger partial charge in [-0.05, 0) is 81.0 Å². The highest BCUT2D eigenvalue weighted by atomic mass is 19.1. The first-order chi connectivity index (χ1) is 19.4. The molecule has 3 N–H and O–H groups in total. The van der Waals surface area contributed by atoms with Crippen molar-refractivity contribution in [3.8, 4) is 23.3 Å². The number of rotatable bonds is 9. The fourth-order valence-electron chi connectivity index (χ4n) is 4.04. The highest BCUT2D eigenvalue weighted by Crippen LogP contribution is 2.33. The highest BCUT2D eigenvalue weighted by molar-refractivity contribution is 5.92. The van der Waals surface area contributed by atoms with E-state index in [1.165, 1.54) is 6.33 Å². The molecule has 0 aliphatic heterocycles. The summed E-state index contributed by atoms with van der Waals surface area (Å²) >= 11 is 0. The van der Waals surface area contributed by atoms with E-state index in [4.69, 9.17) is 15.2 Å². The van der Waals surface area contributed by atoms with Crippen molar-refractivity contribution in [1.29, 1.82) is 0 Å². The third-order valence-electron chi connectivity index (χ3n) is 6.62. The van der Waals surface area contributed by atoms with Gasteiger partial charge in [-0.1, -0.05) is 12.8 Å². The molecule has 1 atom stereocenters. The van der Waals surface area contributed by atoms with Gasteiger partial charge in [-0.2, -0.15) is 0 Å². The van der Waals surface area contributed by atoms with Gasteiger partial charge in [-0.3, -0.25) is 4.98 Å². The van der Waals surface area contributed by atoms with E-state index in [0.29, 0.717) is 52.0 Å². The van der Waals surface area contributed by atoms with Crippen molar-refractivity contribution in [2.75, 3.05) is 17.7 Å². The zero-order valence-electron chi connectivity index (χ0n) is 22.4. The summed E-state index contributed by atoms with van der Waals surface area (Å²) in [5.41, 5.74) is 8.67. The maximum absolute atomic E-state index is 15.3. The lowest BCUT2D eigenvalue weighted by atomic mass is 10.0. The lowest BCUT2D eigenvalue weighted by molar-refractivity contribution is -0.137. The van der Waals surface area contributed by atoms with Crippen LogP contribution in [0.15, 0.2) is 55.0 Å². The second-order valence-electron chi connectivity index (χ2n) is 10.0. The Bertz CT molecular complexity index is 1590. The van der Waals surface area contributed by atoms with E-state index >= 15 is 4.39 Å². The lowest BCUT2D eigenvalue weighted by Gasteiger charge is -2.14. The van der Waals surface area contributed by atoms with E-state index in [1.54, 1.807) is 49.5 Å². The number of nitrogens with two attached hydrogens (primary N) is 1. The number of aryl methyl sites for hydroxylation is 1. The number of hydrogen-bond donors (Lipinski definition) is 2. The molecule has 2 aromatic carbocycles. The molecule has 9 heteroatoms. The Morgan fingerprint density at radius 2 is 2.02 bits per heavy atom. The van der Waals surface area contributed by atoms with E-state index in [0.717, 1.165) is 31.4 Å². The lowest BCUT2D eigenvalue weighted by Crippen LogP contribution is -2.11. The molecule has 0 unspecified atom stereocenters. The normalized spacial score (nSPS) is 13.3. The van der Waals surface area contributed by atoms with Gasteiger partial charge in [0.25, 0.3) is 0 Å². The number of carbonyl (C=O) groups is 1. The fraction of sp³-hybridized carbons (Fsp3) is 0.290. The molecule has 1 aliphatic carbocycles. The minimum Gasteiger partial charge on any atom is -0.456 e. The summed E-state index contributed by atoms with van der Waals surface area (Å²) in [5, 5.41) is 3.74. The second kappa shape index (κ2) is 12.0. The van der Waals surface area contributed by atoms with Gasteiger partial charge in [0, 0.05) is 34.2 Å². The van der Waals surface area contributed by atoms with E-state index < -0.39 is 11.8 Å². The van der Waals surface area contributed by atoms with Crippen LogP contribution in [0.4, 0.5) is 21.6 Å². The van der Waals surface area contributed by atoms with Crippen molar-refractivity contribution in [3.63, 3.8) is 0 Å². The number of pyridine rings is 1. The van der Waals surface area contributed by atoms with Gasteiger partial charge in [0.15, 0.2) is 5.82 Å². The Morgan fingerprint density at radius 3 is 2.80 bits per heavy atom. The molecule has 1 aliphatic rings. The van der Waals surface area contributed by atoms with Crippen LogP contribution in [0.3, 0.4) is 0 Å². The number of nitrogen functional groups attached to an aromatic ring is 1. The molecule has 204 valence electrons. The molecule has 0 amide bonds. The van der Waals surface area contributed by atoms with E-state index in [2.05, 4.69) is 32.1 Å². The SMILES string of the molecule is Cc1c(Oc2ccc(CC[C@H](C)COC(=O)C#CC3CC3)nc2)ccc(Nc2ncnc3ccc(N)cc23)c1F. The van der Waals surface area contributed by atoms with Crippen LogP contribution in [-0.4, -0.2) is 27.5 Å². The predicted octanol–water partition coefficient (Wildman–Crippen LogP) is 6.12. The van der Waals surface area contributed by atoms with E-state index in [9.17, 15) is 4.79 Å². The van der Waals surface area contributed by atoms with Gasteiger partial charge in [0.2, 0.25) is 0 Å². The fourth-order valence-corrected chi connectivity index (χ4v) is 4.04. The number of fused-ring (bicyclic) bond motifs is 1. The zero-order valence-corrected chi connectivity index (χ0v) is 22.4. The van der Waals surface area contributed by atoms with Gasteiger partial charge >= 0.3 is 5.97 Å². The average molecular weight is 540 g/mol. The van der Waals surface area contributed by atoms with E-state index in [1.807, 2.05) is 13.0 Å². The largest absolute Gasteiger partial charge is 0.456 e. The number of ether oxygens (including phenoxy) is 2. The van der Waals surface area contributed by atoms with Crippen molar-refractivity contribution < 1.29 is 18.7 Å². The van der Waals surface area contributed by atoms with Crippen LogP contribution in [0.25, 0.3) is 10.9 Å². The van der Waals surface area contributed by atoms with Gasteiger partial charge < -0.3 is 20.5 Å². The number of hydrogen-bond acceptors (Lipinski definition) is 8. The third kappa shape index (κ3) is 6.83. The summed E-state index contributed by atoms with van der Waals surface area (Å²) in [7, 11) is 0. The summed E-state index contributed by atoms with van der Waals surface area (Å²) in [6.45, 7) is 4.01. The molecule has 1 fully saturated rings. The highest BCUT2D eigenvalue weighted by Gasteiger charge is 2.18. The Morgan fingerprint density at radius 1 is 1.18 bits per heavy atom. The minimum absolute atomic E-state index is 0.180. The van der Waals surface area contributed by atoms with Crippen molar-refractivity contribution in [2.45, 2.75) is 39.5 Å². The maximum Gasteiger partial charge on any atom is 0.384 e. The first kappa shape index (κ1) is 26.9. The number of anilines is 3. The molecule has 0 spiro atoms. The van der Waals surface area contributed by atoms with Crippen molar-refractivity contribution >= 4 is 34.1 Å². The predicted molar refractivity (Wildman–Crippen MR) is 152 cm³/mol. The molecule has 8 nitrogen and oxygen atoms in total. The minimum atomic E-state index is -0.457. The Hall–Kier alpha value is -4.71. The second-order valence-corrected chi connectivity index (χ2v) is 10.0. The Kier molecular flexibility index (Phi) is 8.06. The van der Waals surface area contributed by atoms with Crippen LogP contribution in [0.1, 0.15) is 37.4 Å². The van der Waals surface area contributed by atoms with Crippen LogP contribution >= 0.6 is 0 Å². The van der Waals surface area contributed by atoms with Crippen molar-refractivity contribution in [3.05, 3.63) is 72.1 Å². The molecule has 2 heterocycles. The van der Waals surface area contributed by atoms with Crippen molar-refractivity contribution in [2.24, 2.45) is 11.8 Å². The molecule has 1 saturated carbocycles. The first-order valence-corrected chi connectivity index (χ1v) is 13.2. The quantitative estimate of drug-likeness (QED) is 0.113. The third-order valence-corrected chi connectivity index (χ3v) is 6.62. The number of carbonyl (C=O) groups excluding carboxylic acids is 1. The van der Waals surface area contributed by atoms with Gasteiger partial charge in [-0.25, -0.2) is 19.2 Å². The molecule has 2 aromatic heterocycles. The summed E-state index contributed by atoms with van der Waals surface area (Å²) in [6, 6.07) is 12.3. The zero-order chi connectivity index (χ0) is 28.1. The maximum atomic E-state index is 15.3. The topological polar surface area (TPSA) is 112 Å². The number of esters is 1. The standard InChI is InChI=1S/C31H30FN5O3/c1-19(17-39-29(38)14-6-21-4-5-21)3-8-23-9-10-24(16-34-23)40-28-13-12-27(30(32)20(28)2)37-31-25-15-22(33)7-11-26(25)35-18-36-31/h7,9-13,15-16,18-19,21H,3-5,8,17,33H2,1-2H3,(H,35,36,37)/t19-/m0/s1. The molecule has 0 radical (unpaired) electrons. The smallest absolute Gasteiger partial charge is 0.384 e. The van der Waals surface area contributed by atoms with Crippen LogP contribution in [0, 0.1) is 36.4 Å². The summed E-state index contributed by atoms with van der Waals surface area (Å²) in [4.78, 5) is 24.7. The Labute approximate surface area is 232 Å². The first-order valence-electron chi connectivity index (χ1n) is 13.2. The summed E-state index contributed by atoms with van der Waals surface area (Å²) in [5.74, 6) is 6.45. The summed E-state index contributed by atoms with van der Waals surface area (Å²) < 4.78 is 26.5. The average Bonchev–Trinajstić information content (AvgIpc) is 3.79. The van der Waals surface area contributed by atoms with Crippen LogP contribution < -0.4 is 15.8 Å². The van der Waals surface area contributed by atoms with Gasteiger partial charge in [-0.15, -0.1) is 0 Å². The van der Waals surface area contributed by atoms with Crippen LogP contribution in [0.2, 0.25) is 0 Å². The molecular formula is C31H30FN5O3. The number of nitrogens with one attached hydrogen (secondary N) is 1. The van der Waals surface area contributed by atoms with Crippen molar-refractivity contribution in [1.82, 2.24) is 15.0 Å². The molecule has 40 heavy (non-hydrogen) atoms. The van der Waals surface area contributed by atoms with Gasteiger partial charge in [0.1, 0.15) is 23.6 Å². The van der Waals surface area contributed by atoms with E-state index in [-0.39, 0.29) is 11.6 Å².